The molecule has 34 heavy (non-hydrogen) atoms. The van der Waals surface area contributed by atoms with Gasteiger partial charge in [-0.1, -0.05) is 29.5 Å². The number of halogens is 1. The maximum atomic E-state index is 13.7. The number of thiazole rings is 1. The second-order valence-corrected chi connectivity index (χ2v) is 11.7. The second kappa shape index (κ2) is 10.5. The van der Waals surface area contributed by atoms with Crippen LogP contribution < -0.4 is 4.90 Å². The molecule has 3 aromatic rings. The number of fused-ring (bicyclic) bond motifs is 1. The number of benzene rings is 2. The first kappa shape index (κ1) is 24.7. The van der Waals surface area contributed by atoms with Crippen LogP contribution in [0.2, 0.25) is 0 Å². The third kappa shape index (κ3) is 5.46. The molecule has 0 radical (unpaired) electrons. The molecule has 10 heteroatoms. The molecule has 1 atom stereocenters. The number of hydrogen-bond acceptors (Lipinski definition) is 6. The second-order valence-electron chi connectivity index (χ2n) is 8.77. The fraction of sp³-hybridized carbons (Fsp3) is 0.417. The summed E-state index contributed by atoms with van der Waals surface area (Å²) in [7, 11) is 0.274. The van der Waals surface area contributed by atoms with Crippen LogP contribution in [0.1, 0.15) is 19.3 Å². The van der Waals surface area contributed by atoms with E-state index in [9.17, 15) is 17.6 Å². The molecule has 1 aliphatic heterocycles. The minimum Gasteiger partial charge on any atom is -0.309 e. The Kier molecular flexibility index (Phi) is 7.61. The van der Waals surface area contributed by atoms with Gasteiger partial charge in [-0.15, -0.1) is 0 Å². The summed E-state index contributed by atoms with van der Waals surface area (Å²) in [6, 6.07) is 12.7. The van der Waals surface area contributed by atoms with Gasteiger partial charge in [-0.05, 0) is 70.2 Å². The van der Waals surface area contributed by atoms with Crippen molar-refractivity contribution >= 4 is 42.6 Å². The van der Waals surface area contributed by atoms with Crippen molar-refractivity contribution in [2.75, 3.05) is 45.2 Å². The van der Waals surface area contributed by atoms with Gasteiger partial charge in [0.2, 0.25) is 15.9 Å². The molecule has 0 bridgehead atoms. The number of nitrogens with zero attached hydrogens (tertiary/aromatic N) is 4. The highest BCUT2D eigenvalue weighted by molar-refractivity contribution is 7.89. The lowest BCUT2D eigenvalue weighted by Crippen LogP contribution is -2.47. The van der Waals surface area contributed by atoms with E-state index in [0.29, 0.717) is 41.3 Å². The molecule has 4 rings (SSSR count). The third-order valence-corrected chi connectivity index (χ3v) is 8.86. The molecule has 2 aromatic carbocycles. The number of rotatable bonds is 8. The normalized spacial score (nSPS) is 17.4. The van der Waals surface area contributed by atoms with Crippen molar-refractivity contribution in [2.45, 2.75) is 24.2 Å². The zero-order valence-electron chi connectivity index (χ0n) is 19.4. The first-order valence-corrected chi connectivity index (χ1v) is 13.6. The van der Waals surface area contributed by atoms with Crippen LogP contribution >= 0.6 is 11.3 Å². The molecule has 1 aromatic heterocycles. The largest absolute Gasteiger partial charge is 0.309 e. The van der Waals surface area contributed by atoms with Crippen molar-refractivity contribution in [1.29, 1.82) is 0 Å². The Morgan fingerprint density at radius 3 is 2.68 bits per heavy atom. The van der Waals surface area contributed by atoms with Crippen molar-refractivity contribution < 1.29 is 17.6 Å². The highest BCUT2D eigenvalue weighted by Crippen LogP contribution is 2.32. The van der Waals surface area contributed by atoms with Crippen molar-refractivity contribution in [2.24, 2.45) is 5.92 Å². The number of aromatic nitrogens is 1. The molecular weight excluding hydrogens is 475 g/mol. The zero-order chi connectivity index (χ0) is 24.3. The number of piperidine rings is 1. The fourth-order valence-electron chi connectivity index (χ4n) is 4.17. The van der Waals surface area contributed by atoms with E-state index in [1.165, 1.54) is 27.8 Å². The molecule has 7 nitrogen and oxygen atoms in total. The first-order chi connectivity index (χ1) is 16.3. The summed E-state index contributed by atoms with van der Waals surface area (Å²) in [4.78, 5) is 22.2. The molecule has 0 aliphatic carbocycles. The van der Waals surface area contributed by atoms with Crippen LogP contribution in [0, 0.1) is 11.7 Å². The Balaban J connectivity index is 1.58. The van der Waals surface area contributed by atoms with E-state index < -0.39 is 15.9 Å². The Morgan fingerprint density at radius 2 is 1.94 bits per heavy atom. The zero-order valence-corrected chi connectivity index (χ0v) is 21.0. The molecule has 0 N–H and O–H groups in total. The Bertz CT molecular complexity index is 1250. The minimum atomic E-state index is -3.67. The Morgan fingerprint density at radius 1 is 1.18 bits per heavy atom. The van der Waals surface area contributed by atoms with Gasteiger partial charge in [-0.3, -0.25) is 9.69 Å². The highest BCUT2D eigenvalue weighted by atomic mass is 32.2. The van der Waals surface area contributed by atoms with Gasteiger partial charge in [0.25, 0.3) is 0 Å². The smallest absolute Gasteiger partial charge is 0.243 e. The lowest BCUT2D eigenvalue weighted by Gasteiger charge is -2.33. The summed E-state index contributed by atoms with van der Waals surface area (Å²) in [6.07, 6.45) is 1.96. The van der Waals surface area contributed by atoms with Gasteiger partial charge in [-0.25, -0.2) is 17.8 Å². The number of amides is 1. The van der Waals surface area contributed by atoms with E-state index in [0.717, 1.165) is 13.0 Å². The SMILES string of the molecule is CN(C)CCCN(C(=O)C1CCCN(S(=O)(=O)c2ccccc2)C1)c1nc2ccc(F)cc2s1. The van der Waals surface area contributed by atoms with Gasteiger partial charge in [0, 0.05) is 19.6 Å². The average Bonchev–Trinajstić information content (AvgIpc) is 3.24. The quantitative estimate of drug-likeness (QED) is 0.466. The lowest BCUT2D eigenvalue weighted by atomic mass is 9.98. The van der Waals surface area contributed by atoms with Crippen LogP contribution in [0.15, 0.2) is 53.4 Å². The molecular formula is C24H29FN4O3S2. The fourth-order valence-corrected chi connectivity index (χ4v) is 6.74. The molecule has 0 saturated carbocycles. The van der Waals surface area contributed by atoms with Crippen LogP contribution in [-0.2, 0) is 14.8 Å². The van der Waals surface area contributed by atoms with Crippen LogP contribution in [0.5, 0.6) is 0 Å². The minimum absolute atomic E-state index is 0.133. The predicted octanol–water partition coefficient (Wildman–Crippen LogP) is 3.82. The standard InChI is InChI=1S/C24H29FN4O3S2/c1-27(2)13-7-15-29(24-26-21-12-11-19(25)16-22(21)33-24)23(30)18-8-6-14-28(17-18)34(31,32)20-9-4-3-5-10-20/h3-5,9-12,16,18H,6-8,13-15,17H2,1-2H3. The van der Waals surface area contributed by atoms with E-state index >= 15 is 0 Å². The number of hydrogen-bond donors (Lipinski definition) is 0. The summed E-state index contributed by atoms with van der Waals surface area (Å²) in [5, 5.41) is 0.521. The summed E-state index contributed by atoms with van der Waals surface area (Å²) in [5.74, 6) is -0.941. The summed E-state index contributed by atoms with van der Waals surface area (Å²) < 4.78 is 42.1. The lowest BCUT2D eigenvalue weighted by molar-refractivity contribution is -0.123. The van der Waals surface area contributed by atoms with E-state index in [2.05, 4.69) is 4.98 Å². The summed E-state index contributed by atoms with van der Waals surface area (Å²) in [5.41, 5.74) is 0.642. The number of sulfonamides is 1. The Labute approximate surface area is 203 Å². The molecule has 1 amide bonds. The monoisotopic (exact) mass is 504 g/mol. The molecule has 182 valence electrons. The van der Waals surface area contributed by atoms with Crippen LogP contribution in [-0.4, -0.2) is 68.8 Å². The van der Waals surface area contributed by atoms with Crippen molar-refractivity contribution in [3.63, 3.8) is 0 Å². The number of carbonyl (C=O) groups is 1. The van der Waals surface area contributed by atoms with Gasteiger partial charge < -0.3 is 4.90 Å². The maximum absolute atomic E-state index is 13.7. The van der Waals surface area contributed by atoms with Gasteiger partial charge in [-0.2, -0.15) is 4.31 Å². The Hall–Kier alpha value is -2.40. The summed E-state index contributed by atoms with van der Waals surface area (Å²) in [6.45, 7) is 1.78. The van der Waals surface area contributed by atoms with Gasteiger partial charge in [0.1, 0.15) is 5.82 Å². The highest BCUT2D eigenvalue weighted by Gasteiger charge is 2.36. The average molecular weight is 505 g/mol. The number of anilines is 1. The number of carbonyl (C=O) groups excluding carboxylic acids is 1. The maximum Gasteiger partial charge on any atom is 0.243 e. The van der Waals surface area contributed by atoms with Gasteiger partial charge in [0.05, 0.1) is 21.0 Å². The van der Waals surface area contributed by atoms with E-state index in [1.807, 2.05) is 19.0 Å². The molecule has 1 aliphatic rings. The van der Waals surface area contributed by atoms with Crippen LogP contribution in [0.3, 0.4) is 0 Å². The van der Waals surface area contributed by atoms with Gasteiger partial charge >= 0.3 is 0 Å². The van der Waals surface area contributed by atoms with Crippen LogP contribution in [0.25, 0.3) is 10.2 Å². The third-order valence-electron chi connectivity index (χ3n) is 5.94. The van der Waals surface area contributed by atoms with Gasteiger partial charge in [0.15, 0.2) is 5.13 Å². The van der Waals surface area contributed by atoms with Crippen molar-refractivity contribution in [1.82, 2.24) is 14.2 Å². The molecule has 1 saturated heterocycles. The predicted molar refractivity (Wildman–Crippen MR) is 133 cm³/mol. The molecule has 1 unspecified atom stereocenters. The molecule has 0 spiro atoms. The van der Waals surface area contributed by atoms with E-state index in [1.54, 1.807) is 41.3 Å². The van der Waals surface area contributed by atoms with Crippen molar-refractivity contribution in [3.8, 4) is 0 Å². The molecule has 2 heterocycles. The summed E-state index contributed by atoms with van der Waals surface area (Å²) >= 11 is 1.28. The van der Waals surface area contributed by atoms with E-state index in [4.69, 9.17) is 0 Å². The van der Waals surface area contributed by atoms with E-state index in [-0.39, 0.29) is 23.2 Å². The topological polar surface area (TPSA) is 73.8 Å². The molecule has 1 fully saturated rings. The van der Waals surface area contributed by atoms with Crippen LogP contribution in [0.4, 0.5) is 9.52 Å². The first-order valence-electron chi connectivity index (χ1n) is 11.3. The van der Waals surface area contributed by atoms with Crippen molar-refractivity contribution in [3.05, 3.63) is 54.3 Å².